The largest absolute Gasteiger partial charge is 0.484 e. The number of imide groups is 2. The minimum Gasteiger partial charge on any atom is -0.484 e. The second kappa shape index (κ2) is 12.6. The summed E-state index contributed by atoms with van der Waals surface area (Å²) >= 11 is 0. The number of anilines is 3. The predicted octanol–water partition coefficient (Wildman–Crippen LogP) is 3.33. The first-order valence-corrected chi connectivity index (χ1v) is 17.4. The molecule has 0 bridgehead atoms. The van der Waals surface area contributed by atoms with Crippen LogP contribution in [-0.2, 0) is 22.7 Å². The van der Waals surface area contributed by atoms with E-state index in [0.29, 0.717) is 53.8 Å². The number of rotatable bonds is 10. The normalized spacial score (nSPS) is 18.8. The number of nitrogens with one attached hydrogen (secondary N) is 4. The van der Waals surface area contributed by atoms with Gasteiger partial charge >= 0.3 is 0 Å². The van der Waals surface area contributed by atoms with Crippen molar-refractivity contribution in [1.82, 2.24) is 44.9 Å². The number of fused-ring (bicyclic) bond motifs is 3. The zero-order chi connectivity index (χ0) is 35.5. The summed E-state index contributed by atoms with van der Waals surface area (Å²) in [5.74, 6) is -0.947. The lowest BCUT2D eigenvalue weighted by atomic mass is 9.96. The highest BCUT2D eigenvalue weighted by Crippen LogP contribution is 2.36. The highest BCUT2D eigenvalue weighted by atomic mass is 16.5. The number of benzene rings is 2. The summed E-state index contributed by atoms with van der Waals surface area (Å²) in [6.07, 6.45) is 8.62. The standard InChI is InChI=1S/C36H35N11O5/c1-19-11-23(5-6-27(19)41-36-43-32-31(52-24-3-2-4-24)30(22-14-39-40-15-22)38-18-46(32)44-36)37-9-10-45-16-20-12-25-26(13-21(20)17-45)35(51)47(34(25)50)28-7-8-29(48)42-33(28)49/h5-6,11-15,18,24,28,37H,2-4,7-10,16-17H2,1H3,(H,39,40)(H,41,44)(H,42,48,49). The maximum atomic E-state index is 13.2. The van der Waals surface area contributed by atoms with E-state index in [2.05, 4.69) is 47.2 Å². The van der Waals surface area contributed by atoms with Crippen molar-refractivity contribution in [3.63, 3.8) is 0 Å². The first-order chi connectivity index (χ1) is 25.3. The molecule has 264 valence electrons. The number of hydrogen-bond donors (Lipinski definition) is 4. The summed E-state index contributed by atoms with van der Waals surface area (Å²) < 4.78 is 7.98. The molecule has 0 radical (unpaired) electrons. The van der Waals surface area contributed by atoms with E-state index in [-0.39, 0.29) is 18.9 Å². The molecule has 3 aromatic heterocycles. The zero-order valence-electron chi connectivity index (χ0n) is 28.3. The van der Waals surface area contributed by atoms with Crippen LogP contribution in [0.4, 0.5) is 17.3 Å². The van der Waals surface area contributed by atoms with Crippen molar-refractivity contribution in [3.05, 3.63) is 76.9 Å². The van der Waals surface area contributed by atoms with Crippen molar-refractivity contribution in [1.29, 1.82) is 0 Å². The maximum absolute atomic E-state index is 13.2. The first kappa shape index (κ1) is 31.8. The van der Waals surface area contributed by atoms with Gasteiger partial charge in [0.05, 0.1) is 23.4 Å². The van der Waals surface area contributed by atoms with E-state index in [9.17, 15) is 19.2 Å². The molecule has 2 fully saturated rings. The molecule has 3 aliphatic heterocycles. The third kappa shape index (κ3) is 5.60. The lowest BCUT2D eigenvalue weighted by molar-refractivity contribution is -0.136. The van der Waals surface area contributed by atoms with Crippen molar-refractivity contribution in [2.75, 3.05) is 23.7 Å². The molecule has 4 N–H and O–H groups in total. The molecule has 16 heteroatoms. The molecule has 16 nitrogen and oxygen atoms in total. The predicted molar refractivity (Wildman–Crippen MR) is 187 cm³/mol. The molecule has 2 aromatic carbocycles. The average Bonchev–Trinajstić information content (AvgIpc) is 3.90. The van der Waals surface area contributed by atoms with Crippen molar-refractivity contribution < 1.29 is 23.9 Å². The lowest BCUT2D eigenvalue weighted by Gasteiger charge is -2.27. The van der Waals surface area contributed by atoms with E-state index in [4.69, 9.17) is 9.72 Å². The molecule has 1 saturated heterocycles. The van der Waals surface area contributed by atoms with Gasteiger partial charge in [-0.1, -0.05) is 0 Å². The van der Waals surface area contributed by atoms with Gasteiger partial charge in [0.1, 0.15) is 18.1 Å². The number of carbonyl (C=O) groups is 4. The van der Waals surface area contributed by atoms with Crippen LogP contribution in [0.1, 0.15) is 69.5 Å². The number of amides is 4. The van der Waals surface area contributed by atoms with Gasteiger partial charge in [0, 0.05) is 55.7 Å². The Kier molecular flexibility index (Phi) is 7.68. The number of aromatic amines is 1. The minimum absolute atomic E-state index is 0.0919. The van der Waals surface area contributed by atoms with Crippen LogP contribution in [0.15, 0.2) is 49.1 Å². The fourth-order valence-electron chi connectivity index (χ4n) is 7.23. The Morgan fingerprint density at radius 2 is 1.79 bits per heavy atom. The third-order valence-electron chi connectivity index (χ3n) is 10.2. The van der Waals surface area contributed by atoms with Crippen LogP contribution in [0, 0.1) is 6.92 Å². The van der Waals surface area contributed by atoms with Gasteiger partial charge in [-0.05, 0) is 79.6 Å². The Morgan fingerprint density at radius 3 is 2.46 bits per heavy atom. The van der Waals surface area contributed by atoms with Gasteiger partial charge in [-0.2, -0.15) is 14.6 Å². The molecule has 1 aliphatic carbocycles. The number of H-pyrrole nitrogens is 1. The Labute approximate surface area is 296 Å². The Bertz CT molecular complexity index is 2230. The summed E-state index contributed by atoms with van der Waals surface area (Å²) in [7, 11) is 0. The molecule has 5 aromatic rings. The Balaban J connectivity index is 0.826. The van der Waals surface area contributed by atoms with Gasteiger partial charge in [0.15, 0.2) is 5.75 Å². The summed E-state index contributed by atoms with van der Waals surface area (Å²) in [6.45, 7) is 4.74. The lowest BCUT2D eigenvalue weighted by Crippen LogP contribution is -2.54. The van der Waals surface area contributed by atoms with E-state index in [1.807, 2.05) is 19.1 Å². The highest BCUT2D eigenvalue weighted by Gasteiger charge is 2.45. The summed E-state index contributed by atoms with van der Waals surface area (Å²) in [4.78, 5) is 63.1. The smallest absolute Gasteiger partial charge is 0.262 e. The maximum Gasteiger partial charge on any atom is 0.262 e. The Morgan fingerprint density at radius 1 is 1.00 bits per heavy atom. The van der Waals surface area contributed by atoms with Crippen LogP contribution >= 0.6 is 0 Å². The SMILES string of the molecule is Cc1cc(NCCN2Cc3cc4c(cc3C2)C(=O)N(C2CCC(=O)NC2=O)C4=O)ccc1Nc1nc2c(OC3CCC3)c(-c3cn[nH]c3)ncn2n1. The Hall–Kier alpha value is -6.16. The minimum atomic E-state index is -0.970. The number of piperidine rings is 1. The quantitative estimate of drug-likeness (QED) is 0.156. The van der Waals surface area contributed by atoms with E-state index in [1.54, 1.807) is 35.4 Å². The second-order valence-corrected chi connectivity index (χ2v) is 13.7. The zero-order valence-corrected chi connectivity index (χ0v) is 28.3. The summed E-state index contributed by atoms with van der Waals surface area (Å²) in [6, 6.07) is 8.66. The van der Waals surface area contributed by atoms with Gasteiger partial charge in [-0.3, -0.25) is 39.4 Å². The van der Waals surface area contributed by atoms with Crippen molar-refractivity contribution in [2.45, 2.75) is 64.3 Å². The van der Waals surface area contributed by atoms with Crippen LogP contribution < -0.4 is 20.7 Å². The number of ether oxygens (including phenoxy) is 1. The number of aromatic nitrogens is 6. The van der Waals surface area contributed by atoms with Gasteiger partial charge in [-0.25, -0.2) is 4.98 Å². The monoisotopic (exact) mass is 701 g/mol. The van der Waals surface area contributed by atoms with Crippen molar-refractivity contribution in [2.24, 2.45) is 0 Å². The van der Waals surface area contributed by atoms with Crippen LogP contribution in [0.5, 0.6) is 5.75 Å². The molecule has 1 saturated carbocycles. The number of hydrogen-bond acceptors (Lipinski definition) is 12. The second-order valence-electron chi connectivity index (χ2n) is 13.7. The van der Waals surface area contributed by atoms with E-state index >= 15 is 0 Å². The fraction of sp³-hybridized carbons (Fsp3) is 0.333. The van der Waals surface area contributed by atoms with Gasteiger partial charge in [-0.15, -0.1) is 5.10 Å². The summed E-state index contributed by atoms with van der Waals surface area (Å²) in [5.41, 5.74) is 7.53. The first-order valence-electron chi connectivity index (χ1n) is 17.4. The van der Waals surface area contributed by atoms with E-state index in [1.165, 1.54) is 0 Å². The molecule has 52 heavy (non-hydrogen) atoms. The third-order valence-corrected chi connectivity index (χ3v) is 10.2. The fourth-order valence-corrected chi connectivity index (χ4v) is 7.23. The number of nitrogens with zero attached hydrogens (tertiary/aromatic N) is 7. The number of carbonyl (C=O) groups excluding carboxylic acids is 4. The summed E-state index contributed by atoms with van der Waals surface area (Å²) in [5, 5.41) is 20.6. The van der Waals surface area contributed by atoms with E-state index < -0.39 is 29.7 Å². The van der Waals surface area contributed by atoms with Crippen molar-refractivity contribution >= 4 is 46.6 Å². The average molecular weight is 702 g/mol. The molecule has 0 spiro atoms. The molecule has 4 aliphatic rings. The molecule has 4 amide bonds. The number of aryl methyl sites for hydroxylation is 1. The highest BCUT2D eigenvalue weighted by molar-refractivity contribution is 6.23. The van der Waals surface area contributed by atoms with Gasteiger partial charge in [0.25, 0.3) is 11.8 Å². The molecule has 1 atom stereocenters. The molecule has 6 heterocycles. The van der Waals surface area contributed by atoms with Crippen LogP contribution in [0.2, 0.25) is 0 Å². The van der Waals surface area contributed by atoms with Gasteiger partial charge in [0.2, 0.25) is 23.4 Å². The topological polar surface area (TPSA) is 192 Å². The van der Waals surface area contributed by atoms with Crippen molar-refractivity contribution in [3.8, 4) is 17.0 Å². The van der Waals surface area contributed by atoms with Gasteiger partial charge < -0.3 is 15.4 Å². The molecule has 1 unspecified atom stereocenters. The van der Waals surface area contributed by atoms with E-state index in [0.717, 1.165) is 64.3 Å². The van der Waals surface area contributed by atoms with Crippen LogP contribution in [0.3, 0.4) is 0 Å². The molecular weight excluding hydrogens is 666 g/mol. The van der Waals surface area contributed by atoms with Crippen LogP contribution in [0.25, 0.3) is 16.9 Å². The van der Waals surface area contributed by atoms with Crippen LogP contribution in [-0.4, -0.2) is 88.4 Å². The molecule has 9 rings (SSSR count). The molecular formula is C36H35N11O5.